The molecule has 0 aliphatic carbocycles. The molecule has 0 bridgehead atoms. The highest BCUT2D eigenvalue weighted by Gasteiger charge is 2.27. The van der Waals surface area contributed by atoms with Gasteiger partial charge in [0.25, 0.3) is 11.8 Å². The largest absolute Gasteiger partial charge is 0.454 e. The van der Waals surface area contributed by atoms with Crippen molar-refractivity contribution in [2.75, 3.05) is 13.2 Å². The van der Waals surface area contributed by atoms with Crippen molar-refractivity contribution in [3.05, 3.63) is 35.4 Å². The van der Waals surface area contributed by atoms with E-state index in [0.717, 1.165) is 12.0 Å². The van der Waals surface area contributed by atoms with Gasteiger partial charge in [-0.05, 0) is 48.8 Å². The number of benzene rings is 1. The van der Waals surface area contributed by atoms with Gasteiger partial charge in [-0.1, -0.05) is 53.7 Å². The van der Waals surface area contributed by atoms with E-state index in [0.29, 0.717) is 5.56 Å². The van der Waals surface area contributed by atoms with Gasteiger partial charge < -0.3 is 15.4 Å². The average Bonchev–Trinajstić information content (AvgIpc) is 2.54. The molecule has 29 heavy (non-hydrogen) atoms. The van der Waals surface area contributed by atoms with Crippen molar-refractivity contribution in [3.8, 4) is 0 Å². The van der Waals surface area contributed by atoms with Crippen molar-refractivity contribution in [1.82, 2.24) is 10.6 Å². The molecule has 1 aromatic carbocycles. The number of rotatable bonds is 7. The molecule has 0 atom stereocenters. The van der Waals surface area contributed by atoms with E-state index in [2.05, 4.69) is 52.2 Å². The summed E-state index contributed by atoms with van der Waals surface area (Å²) in [5, 5.41) is 5.39. The highest BCUT2D eigenvalue weighted by atomic mass is 16.5. The van der Waals surface area contributed by atoms with Crippen LogP contribution in [-0.2, 0) is 19.7 Å². The van der Waals surface area contributed by atoms with Gasteiger partial charge >= 0.3 is 5.97 Å². The fourth-order valence-electron chi connectivity index (χ4n) is 3.36. The average molecular weight is 405 g/mol. The molecule has 0 radical (unpaired) electrons. The number of nitrogens with one attached hydrogen (secondary N) is 2. The van der Waals surface area contributed by atoms with Crippen molar-refractivity contribution in [3.63, 3.8) is 0 Å². The normalized spacial score (nSPS) is 12.3. The lowest BCUT2D eigenvalue weighted by molar-refractivity contribution is -0.148. The van der Waals surface area contributed by atoms with Crippen LogP contribution in [0.25, 0.3) is 0 Å². The molecule has 0 spiro atoms. The zero-order valence-corrected chi connectivity index (χ0v) is 19.1. The molecule has 6 nitrogen and oxygen atoms in total. The first-order valence-corrected chi connectivity index (χ1v) is 9.94. The van der Waals surface area contributed by atoms with Gasteiger partial charge in [0, 0.05) is 11.1 Å². The molecule has 1 aromatic rings. The fraction of sp³-hybridized carbons (Fsp3) is 0.609. The third-order valence-electron chi connectivity index (χ3n) is 4.22. The van der Waals surface area contributed by atoms with Gasteiger partial charge in [0.05, 0.1) is 0 Å². The summed E-state index contributed by atoms with van der Waals surface area (Å²) in [6.45, 7) is 15.8. The van der Waals surface area contributed by atoms with Crippen molar-refractivity contribution in [2.45, 2.75) is 72.8 Å². The summed E-state index contributed by atoms with van der Waals surface area (Å²) in [6, 6.07) is 7.26. The summed E-state index contributed by atoms with van der Waals surface area (Å²) in [5.41, 5.74) is 1.24. The summed E-state index contributed by atoms with van der Waals surface area (Å²) in [4.78, 5) is 36.1. The van der Waals surface area contributed by atoms with Crippen LogP contribution in [0, 0.1) is 5.41 Å². The first-order chi connectivity index (χ1) is 13.1. The molecule has 0 unspecified atom stereocenters. The highest BCUT2D eigenvalue weighted by Crippen LogP contribution is 2.26. The maximum Gasteiger partial charge on any atom is 0.325 e. The number of esters is 1. The second-order valence-corrected chi connectivity index (χ2v) is 10.3. The minimum atomic E-state index is -0.659. The molecule has 0 saturated carbocycles. The Kier molecular flexibility index (Phi) is 8.01. The van der Waals surface area contributed by atoms with Crippen LogP contribution < -0.4 is 10.6 Å². The van der Waals surface area contributed by atoms with Gasteiger partial charge in [-0.2, -0.15) is 0 Å². The van der Waals surface area contributed by atoms with E-state index in [1.165, 1.54) is 0 Å². The van der Waals surface area contributed by atoms with Gasteiger partial charge in [0.15, 0.2) is 6.61 Å². The molecular formula is C23H36N2O4. The van der Waals surface area contributed by atoms with E-state index in [1.54, 1.807) is 12.1 Å². The lowest BCUT2D eigenvalue weighted by Gasteiger charge is -2.33. The quantitative estimate of drug-likeness (QED) is 0.680. The maximum absolute atomic E-state index is 12.2. The Morgan fingerprint density at radius 1 is 0.897 bits per heavy atom. The predicted molar refractivity (Wildman–Crippen MR) is 115 cm³/mol. The van der Waals surface area contributed by atoms with Crippen LogP contribution in [0.5, 0.6) is 0 Å². The summed E-state index contributed by atoms with van der Waals surface area (Å²) in [7, 11) is 0. The second-order valence-electron chi connectivity index (χ2n) is 10.3. The van der Waals surface area contributed by atoms with Crippen LogP contribution in [-0.4, -0.2) is 36.5 Å². The Labute approximate surface area is 174 Å². The Bertz CT molecular complexity index is 723. The van der Waals surface area contributed by atoms with Gasteiger partial charge in [-0.3, -0.25) is 14.4 Å². The number of hydrogen-bond donors (Lipinski definition) is 2. The molecule has 0 saturated heterocycles. The van der Waals surface area contributed by atoms with E-state index in [-0.39, 0.29) is 35.8 Å². The van der Waals surface area contributed by atoms with Gasteiger partial charge in [-0.15, -0.1) is 0 Å². The van der Waals surface area contributed by atoms with Gasteiger partial charge in [0.1, 0.15) is 6.54 Å². The Morgan fingerprint density at radius 2 is 1.45 bits per heavy atom. The minimum Gasteiger partial charge on any atom is -0.454 e. The minimum absolute atomic E-state index is 0.000826. The van der Waals surface area contributed by atoms with E-state index >= 15 is 0 Å². The first kappa shape index (κ1) is 24.7. The summed E-state index contributed by atoms with van der Waals surface area (Å²) < 4.78 is 4.96. The van der Waals surface area contributed by atoms with E-state index in [4.69, 9.17) is 4.74 Å². The van der Waals surface area contributed by atoms with Crippen molar-refractivity contribution in [2.24, 2.45) is 5.41 Å². The Balaban J connectivity index is 2.43. The standard InChI is InChI=1S/C23H36N2O4/c1-21(2,3)15-23(7,8)25-18(26)14-29-19(27)13-24-20(28)16-9-11-17(12-10-16)22(4,5)6/h9-12H,13-15H2,1-8H3,(H,24,28)(H,25,26). The molecule has 162 valence electrons. The topological polar surface area (TPSA) is 84.5 Å². The summed E-state index contributed by atoms with van der Waals surface area (Å²) in [6.07, 6.45) is 0.781. The predicted octanol–water partition coefficient (Wildman–Crippen LogP) is 3.59. The number of hydrogen-bond acceptors (Lipinski definition) is 4. The summed E-state index contributed by atoms with van der Waals surface area (Å²) in [5.74, 6) is -1.39. The molecule has 0 heterocycles. The number of amides is 2. The van der Waals surface area contributed by atoms with Gasteiger partial charge in [-0.25, -0.2) is 0 Å². The van der Waals surface area contributed by atoms with Crippen LogP contribution in [0.15, 0.2) is 24.3 Å². The first-order valence-electron chi connectivity index (χ1n) is 9.94. The van der Waals surface area contributed by atoms with Crippen LogP contribution in [0.4, 0.5) is 0 Å². The monoisotopic (exact) mass is 404 g/mol. The lowest BCUT2D eigenvalue weighted by atomic mass is 9.82. The van der Waals surface area contributed by atoms with E-state index in [1.807, 2.05) is 26.0 Å². The van der Waals surface area contributed by atoms with Crippen molar-refractivity contribution >= 4 is 17.8 Å². The van der Waals surface area contributed by atoms with Crippen LogP contribution >= 0.6 is 0 Å². The summed E-state index contributed by atoms with van der Waals surface area (Å²) >= 11 is 0. The Hall–Kier alpha value is -2.37. The molecule has 2 amide bonds. The molecule has 0 fully saturated rings. The van der Waals surface area contributed by atoms with Crippen LogP contribution in [0.1, 0.15) is 77.7 Å². The molecule has 6 heteroatoms. The number of ether oxygens (including phenoxy) is 1. The molecule has 2 N–H and O–H groups in total. The number of carbonyl (C=O) groups excluding carboxylic acids is 3. The molecule has 1 rings (SSSR count). The zero-order valence-electron chi connectivity index (χ0n) is 19.1. The van der Waals surface area contributed by atoms with E-state index in [9.17, 15) is 14.4 Å². The maximum atomic E-state index is 12.2. The lowest BCUT2D eigenvalue weighted by Crippen LogP contribution is -2.47. The van der Waals surface area contributed by atoms with Crippen LogP contribution in [0.2, 0.25) is 0 Å². The fourth-order valence-corrected chi connectivity index (χ4v) is 3.36. The third kappa shape index (κ3) is 9.59. The molecule has 0 aliphatic heterocycles. The SMILES string of the molecule is CC(C)(C)CC(C)(C)NC(=O)COC(=O)CNC(=O)c1ccc(C(C)(C)C)cc1. The van der Waals surface area contributed by atoms with Crippen molar-refractivity contribution < 1.29 is 19.1 Å². The molecule has 0 aliphatic rings. The van der Waals surface area contributed by atoms with Gasteiger partial charge in [0.2, 0.25) is 0 Å². The van der Waals surface area contributed by atoms with E-state index < -0.39 is 11.5 Å². The number of carbonyl (C=O) groups is 3. The van der Waals surface area contributed by atoms with Crippen molar-refractivity contribution in [1.29, 1.82) is 0 Å². The molecular weight excluding hydrogens is 368 g/mol. The zero-order chi connectivity index (χ0) is 22.5. The van der Waals surface area contributed by atoms with Crippen LogP contribution in [0.3, 0.4) is 0 Å². The second kappa shape index (κ2) is 9.42. The smallest absolute Gasteiger partial charge is 0.325 e. The third-order valence-corrected chi connectivity index (χ3v) is 4.22. The Morgan fingerprint density at radius 3 is 1.93 bits per heavy atom. The molecule has 0 aromatic heterocycles. The highest BCUT2D eigenvalue weighted by molar-refractivity contribution is 5.96.